The average Bonchev–Trinajstić information content (AvgIpc) is 3.24. The van der Waals surface area contributed by atoms with Gasteiger partial charge in [-0.25, -0.2) is 0 Å². The largest absolute Gasteiger partial charge is 0.493 e. The van der Waals surface area contributed by atoms with Gasteiger partial charge in [0.05, 0.1) is 6.61 Å². The topological polar surface area (TPSA) is 55.3 Å². The second-order valence-corrected chi connectivity index (χ2v) is 7.86. The number of hydrogen-bond donors (Lipinski definition) is 0. The molecule has 2 aromatic rings. The Kier molecular flexibility index (Phi) is 5.40. The Labute approximate surface area is 148 Å². The van der Waals surface area contributed by atoms with Gasteiger partial charge in [0.15, 0.2) is 4.34 Å². The molecule has 5 nitrogen and oxygen atoms in total. The number of carbonyl (C=O) groups is 1. The van der Waals surface area contributed by atoms with Crippen LogP contribution in [0.5, 0.6) is 5.75 Å². The Morgan fingerprint density at radius 2 is 2.13 bits per heavy atom. The minimum absolute atomic E-state index is 0.0336. The summed E-state index contributed by atoms with van der Waals surface area (Å²) >= 11 is 8.87. The van der Waals surface area contributed by atoms with Gasteiger partial charge in [0.1, 0.15) is 5.75 Å². The molecule has 1 saturated carbocycles. The summed E-state index contributed by atoms with van der Waals surface area (Å²) in [5, 5.41) is 9.68. The Hall–Kier alpha value is -1.31. The number of hydrogen-bond acceptors (Lipinski definition) is 6. The summed E-state index contributed by atoms with van der Waals surface area (Å²) in [6, 6.07) is 7.60. The minimum Gasteiger partial charge on any atom is -0.493 e. The maximum Gasteiger partial charge on any atom is 0.225 e. The van der Waals surface area contributed by atoms with Gasteiger partial charge in [-0.2, -0.15) is 0 Å². The molecule has 0 saturated heterocycles. The Bertz CT molecular complexity index is 674. The van der Waals surface area contributed by atoms with Crippen LogP contribution in [0.2, 0.25) is 5.02 Å². The summed E-state index contributed by atoms with van der Waals surface area (Å²) in [5.41, 5.74) is 0. The molecule has 1 aromatic heterocycles. The zero-order valence-electron chi connectivity index (χ0n) is 12.6. The lowest BCUT2D eigenvalue weighted by Gasteiger charge is -2.15. The molecular weight excluding hydrogens is 354 g/mol. The second-order valence-electron chi connectivity index (χ2n) is 5.12. The van der Waals surface area contributed by atoms with Crippen LogP contribution in [-0.2, 0) is 4.79 Å². The number of halogens is 1. The van der Waals surface area contributed by atoms with Crippen molar-refractivity contribution in [3.63, 3.8) is 0 Å². The van der Waals surface area contributed by atoms with Crippen LogP contribution in [0.1, 0.15) is 19.8 Å². The Balaban J connectivity index is 1.47. The first kappa shape index (κ1) is 16.5. The predicted octanol–water partition coefficient (Wildman–Crippen LogP) is 3.88. The number of thioether (sulfide) groups is 1. The fourth-order valence-corrected chi connectivity index (χ4v) is 4.03. The average molecular weight is 370 g/mol. The Morgan fingerprint density at radius 3 is 2.78 bits per heavy atom. The lowest BCUT2D eigenvalue weighted by molar-refractivity contribution is -0.116. The van der Waals surface area contributed by atoms with Crippen molar-refractivity contribution in [1.29, 1.82) is 0 Å². The van der Waals surface area contributed by atoms with Gasteiger partial charge < -0.3 is 4.74 Å². The summed E-state index contributed by atoms with van der Waals surface area (Å²) in [6.07, 6.45) is 2.10. The van der Waals surface area contributed by atoms with Gasteiger partial charge in [-0.05, 0) is 37.1 Å². The van der Waals surface area contributed by atoms with Crippen LogP contribution in [-0.4, -0.2) is 34.5 Å². The van der Waals surface area contributed by atoms with E-state index in [0.717, 1.165) is 28.7 Å². The quantitative estimate of drug-likeness (QED) is 0.421. The predicted molar refractivity (Wildman–Crippen MR) is 93.8 cm³/mol. The van der Waals surface area contributed by atoms with E-state index in [1.807, 2.05) is 12.1 Å². The molecule has 8 heteroatoms. The van der Waals surface area contributed by atoms with E-state index in [9.17, 15) is 4.79 Å². The molecule has 0 N–H and O–H groups in total. The molecule has 3 rings (SSSR count). The molecule has 0 aliphatic heterocycles. The number of benzene rings is 1. The van der Waals surface area contributed by atoms with Crippen molar-refractivity contribution in [1.82, 2.24) is 10.2 Å². The van der Waals surface area contributed by atoms with Crippen molar-refractivity contribution in [2.75, 3.05) is 17.3 Å². The highest BCUT2D eigenvalue weighted by molar-refractivity contribution is 8.01. The van der Waals surface area contributed by atoms with Crippen molar-refractivity contribution in [2.45, 2.75) is 30.1 Å². The van der Waals surface area contributed by atoms with Crippen LogP contribution in [0.25, 0.3) is 0 Å². The van der Waals surface area contributed by atoms with Gasteiger partial charge in [0, 0.05) is 23.7 Å². The SMILES string of the molecule is CC(=O)N(c1nnc(SCCOc2ccc(Cl)cc2)s1)C1CC1. The monoisotopic (exact) mass is 369 g/mol. The molecule has 0 spiro atoms. The minimum atomic E-state index is 0.0336. The molecule has 1 fully saturated rings. The summed E-state index contributed by atoms with van der Waals surface area (Å²) in [5.74, 6) is 1.59. The zero-order valence-corrected chi connectivity index (χ0v) is 15.0. The molecule has 0 atom stereocenters. The van der Waals surface area contributed by atoms with E-state index in [0.29, 0.717) is 22.8 Å². The third kappa shape index (κ3) is 4.59. The number of anilines is 1. The third-order valence-corrected chi connectivity index (χ3v) is 5.52. The first-order chi connectivity index (χ1) is 11.1. The second kappa shape index (κ2) is 7.51. The number of aromatic nitrogens is 2. The molecule has 1 aliphatic rings. The van der Waals surface area contributed by atoms with E-state index in [-0.39, 0.29) is 5.91 Å². The highest BCUT2D eigenvalue weighted by Gasteiger charge is 2.34. The highest BCUT2D eigenvalue weighted by atomic mass is 35.5. The van der Waals surface area contributed by atoms with Crippen LogP contribution in [0, 0.1) is 0 Å². The van der Waals surface area contributed by atoms with Gasteiger partial charge in [0.25, 0.3) is 0 Å². The molecular formula is C15H16ClN3O2S2. The van der Waals surface area contributed by atoms with Crippen molar-refractivity contribution in [2.24, 2.45) is 0 Å². The smallest absolute Gasteiger partial charge is 0.225 e. The first-order valence-corrected chi connectivity index (χ1v) is 9.46. The molecule has 0 radical (unpaired) electrons. The standard InChI is InChI=1S/C15H16ClN3O2S2/c1-10(20)19(12-4-5-12)14-17-18-15(23-14)22-9-8-21-13-6-2-11(16)3-7-13/h2-3,6-7,12H,4-5,8-9H2,1H3. The molecule has 1 aromatic carbocycles. The van der Waals surface area contributed by atoms with Gasteiger partial charge in [-0.3, -0.25) is 9.69 Å². The fraction of sp³-hybridized carbons (Fsp3) is 0.400. The highest BCUT2D eigenvalue weighted by Crippen LogP contribution is 2.35. The summed E-state index contributed by atoms with van der Waals surface area (Å²) < 4.78 is 6.49. The van der Waals surface area contributed by atoms with Gasteiger partial charge in [0.2, 0.25) is 11.0 Å². The molecule has 0 unspecified atom stereocenters. The lowest BCUT2D eigenvalue weighted by Crippen LogP contribution is -2.30. The van der Waals surface area contributed by atoms with E-state index in [1.165, 1.54) is 11.3 Å². The lowest BCUT2D eigenvalue weighted by atomic mass is 10.3. The maximum absolute atomic E-state index is 11.7. The van der Waals surface area contributed by atoms with Crippen molar-refractivity contribution >= 4 is 45.7 Å². The van der Waals surface area contributed by atoms with Crippen molar-refractivity contribution in [3.8, 4) is 5.75 Å². The van der Waals surface area contributed by atoms with Crippen LogP contribution in [0.4, 0.5) is 5.13 Å². The van der Waals surface area contributed by atoms with E-state index in [4.69, 9.17) is 16.3 Å². The number of amides is 1. The third-order valence-electron chi connectivity index (χ3n) is 3.24. The van der Waals surface area contributed by atoms with Crippen molar-refractivity contribution < 1.29 is 9.53 Å². The molecule has 1 aliphatic carbocycles. The molecule has 23 heavy (non-hydrogen) atoms. The normalized spacial score (nSPS) is 13.8. The van der Waals surface area contributed by atoms with E-state index in [2.05, 4.69) is 10.2 Å². The van der Waals surface area contributed by atoms with E-state index < -0.39 is 0 Å². The first-order valence-electron chi connectivity index (χ1n) is 7.28. The van der Waals surface area contributed by atoms with Crippen LogP contribution in [0.15, 0.2) is 28.6 Å². The summed E-state index contributed by atoms with van der Waals surface area (Å²) in [7, 11) is 0. The van der Waals surface area contributed by atoms with E-state index >= 15 is 0 Å². The molecule has 1 heterocycles. The van der Waals surface area contributed by atoms with Gasteiger partial charge >= 0.3 is 0 Å². The number of nitrogens with zero attached hydrogens (tertiary/aromatic N) is 3. The van der Waals surface area contributed by atoms with Crippen LogP contribution >= 0.6 is 34.7 Å². The van der Waals surface area contributed by atoms with Gasteiger partial charge in [-0.1, -0.05) is 34.7 Å². The number of carbonyl (C=O) groups excluding carboxylic acids is 1. The fourth-order valence-electron chi connectivity index (χ4n) is 2.06. The van der Waals surface area contributed by atoms with Crippen molar-refractivity contribution in [3.05, 3.63) is 29.3 Å². The zero-order chi connectivity index (χ0) is 16.2. The molecule has 122 valence electrons. The van der Waals surface area contributed by atoms with Crippen LogP contribution < -0.4 is 9.64 Å². The van der Waals surface area contributed by atoms with E-state index in [1.54, 1.807) is 35.7 Å². The number of ether oxygens (including phenoxy) is 1. The maximum atomic E-state index is 11.7. The number of rotatable bonds is 7. The van der Waals surface area contributed by atoms with Crippen LogP contribution in [0.3, 0.4) is 0 Å². The molecule has 0 bridgehead atoms. The summed E-state index contributed by atoms with van der Waals surface area (Å²) in [6.45, 7) is 2.15. The summed E-state index contributed by atoms with van der Waals surface area (Å²) in [4.78, 5) is 13.5. The Morgan fingerprint density at radius 1 is 1.39 bits per heavy atom. The molecule has 1 amide bonds. The van der Waals surface area contributed by atoms with Gasteiger partial charge in [-0.15, -0.1) is 10.2 Å².